The molecule has 0 aliphatic carbocycles. The number of likely N-dealkylation sites (tertiary alicyclic amines) is 1. The van der Waals surface area contributed by atoms with Gasteiger partial charge >= 0.3 is 0 Å². The maximum Gasteiger partial charge on any atom is 0.139 e. The van der Waals surface area contributed by atoms with Crippen molar-refractivity contribution in [1.29, 1.82) is 0 Å². The Bertz CT molecular complexity index is 544. The number of hydrogen-bond donors (Lipinski definition) is 0. The van der Waals surface area contributed by atoms with Crippen molar-refractivity contribution in [3.63, 3.8) is 0 Å². The van der Waals surface area contributed by atoms with E-state index in [0.29, 0.717) is 6.04 Å². The second-order valence-corrected chi connectivity index (χ2v) is 5.28. The van der Waals surface area contributed by atoms with Crippen LogP contribution in [0.15, 0.2) is 24.5 Å². The van der Waals surface area contributed by atoms with E-state index in [1.165, 1.54) is 30.6 Å². The van der Waals surface area contributed by atoms with Gasteiger partial charge < -0.3 is 9.30 Å². The zero-order valence-electron chi connectivity index (χ0n) is 11.3. The summed E-state index contributed by atoms with van der Waals surface area (Å²) in [5.41, 5.74) is 3.59. The minimum absolute atomic E-state index is 0.695. The molecule has 18 heavy (non-hydrogen) atoms. The van der Waals surface area contributed by atoms with E-state index >= 15 is 0 Å². The van der Waals surface area contributed by atoms with Crippen LogP contribution in [0.1, 0.15) is 31.0 Å². The van der Waals surface area contributed by atoms with Crippen molar-refractivity contribution in [2.24, 2.45) is 0 Å². The van der Waals surface area contributed by atoms with Gasteiger partial charge in [0.2, 0.25) is 0 Å². The maximum absolute atomic E-state index is 4.78. The zero-order chi connectivity index (χ0) is 12.5. The molecule has 1 unspecified atom stereocenters. The van der Waals surface area contributed by atoms with Crippen molar-refractivity contribution in [3.05, 3.63) is 35.8 Å². The van der Waals surface area contributed by atoms with Gasteiger partial charge in [-0.25, -0.2) is 4.98 Å². The van der Waals surface area contributed by atoms with E-state index in [0.717, 1.165) is 18.6 Å². The van der Waals surface area contributed by atoms with Crippen molar-refractivity contribution < 1.29 is 0 Å². The predicted molar refractivity (Wildman–Crippen MR) is 73.9 cm³/mol. The van der Waals surface area contributed by atoms with Gasteiger partial charge in [0.05, 0.1) is 5.69 Å². The molecule has 0 N–H and O–H groups in total. The lowest BCUT2D eigenvalue weighted by atomic mass is 10.1. The number of imidazole rings is 1. The highest BCUT2D eigenvalue weighted by atomic mass is 15.2. The molecule has 3 nitrogen and oxygen atoms in total. The van der Waals surface area contributed by atoms with Crippen molar-refractivity contribution in [3.8, 4) is 0 Å². The highest BCUT2D eigenvalue weighted by molar-refractivity contribution is 5.47. The molecule has 0 aromatic carbocycles. The van der Waals surface area contributed by atoms with Gasteiger partial charge in [0.1, 0.15) is 5.65 Å². The number of fused-ring (bicyclic) bond motifs is 1. The van der Waals surface area contributed by atoms with Gasteiger partial charge in [0, 0.05) is 24.9 Å². The molecule has 1 atom stereocenters. The van der Waals surface area contributed by atoms with E-state index in [2.05, 4.69) is 47.7 Å². The number of pyridine rings is 1. The molecule has 1 aliphatic heterocycles. The van der Waals surface area contributed by atoms with Gasteiger partial charge in [0.15, 0.2) is 0 Å². The average molecular weight is 243 g/mol. The highest BCUT2D eigenvalue weighted by Crippen LogP contribution is 2.21. The van der Waals surface area contributed by atoms with Crippen LogP contribution in [-0.2, 0) is 6.42 Å². The maximum atomic E-state index is 4.78. The smallest absolute Gasteiger partial charge is 0.139 e. The molecule has 1 fully saturated rings. The van der Waals surface area contributed by atoms with Gasteiger partial charge in [-0.3, -0.25) is 0 Å². The molecular weight excluding hydrogens is 222 g/mol. The quantitative estimate of drug-likeness (QED) is 0.826. The van der Waals surface area contributed by atoms with Gasteiger partial charge in [0.25, 0.3) is 0 Å². The number of aromatic nitrogens is 2. The average Bonchev–Trinajstić information content (AvgIpc) is 2.96. The van der Waals surface area contributed by atoms with Gasteiger partial charge in [-0.2, -0.15) is 0 Å². The lowest BCUT2D eigenvalue weighted by Crippen LogP contribution is -2.30. The number of aryl methyl sites for hydroxylation is 1. The van der Waals surface area contributed by atoms with E-state index < -0.39 is 0 Å². The third kappa shape index (κ3) is 2.03. The molecule has 96 valence electrons. The molecule has 3 rings (SSSR count). The van der Waals surface area contributed by atoms with Crippen molar-refractivity contribution in [1.82, 2.24) is 14.3 Å². The Balaban J connectivity index is 1.84. The molecule has 0 amide bonds. The van der Waals surface area contributed by atoms with E-state index in [4.69, 9.17) is 4.98 Å². The first kappa shape index (κ1) is 11.7. The van der Waals surface area contributed by atoms with Crippen LogP contribution in [0.3, 0.4) is 0 Å². The van der Waals surface area contributed by atoms with Crippen LogP contribution >= 0.6 is 0 Å². The summed E-state index contributed by atoms with van der Waals surface area (Å²) in [7, 11) is 0. The van der Waals surface area contributed by atoms with Gasteiger partial charge in [-0.1, -0.05) is 13.0 Å². The third-order valence-corrected chi connectivity index (χ3v) is 4.08. The summed E-state index contributed by atoms with van der Waals surface area (Å²) in [6, 6.07) is 4.90. The third-order valence-electron chi connectivity index (χ3n) is 4.08. The Morgan fingerprint density at radius 3 is 3.11 bits per heavy atom. The second-order valence-electron chi connectivity index (χ2n) is 5.28. The van der Waals surface area contributed by atoms with Crippen LogP contribution in [0, 0.1) is 6.92 Å². The topological polar surface area (TPSA) is 20.5 Å². The SMILES string of the molecule is CCN1CCCC1Cc1cn2cccc(C)c2n1. The van der Waals surface area contributed by atoms with Crippen LogP contribution in [0.5, 0.6) is 0 Å². The van der Waals surface area contributed by atoms with Crippen LogP contribution in [0.25, 0.3) is 5.65 Å². The van der Waals surface area contributed by atoms with Gasteiger partial charge in [-0.05, 0) is 44.5 Å². The zero-order valence-corrected chi connectivity index (χ0v) is 11.3. The van der Waals surface area contributed by atoms with Crippen LogP contribution in [-0.4, -0.2) is 33.4 Å². The minimum Gasteiger partial charge on any atom is -0.307 e. The van der Waals surface area contributed by atoms with Gasteiger partial charge in [-0.15, -0.1) is 0 Å². The summed E-state index contributed by atoms with van der Waals surface area (Å²) in [5.74, 6) is 0. The first-order chi connectivity index (χ1) is 8.78. The Kier molecular flexibility index (Phi) is 3.08. The molecule has 3 heteroatoms. The summed E-state index contributed by atoms with van der Waals surface area (Å²) in [6.45, 7) is 6.80. The summed E-state index contributed by atoms with van der Waals surface area (Å²) in [5, 5.41) is 0. The largest absolute Gasteiger partial charge is 0.307 e. The summed E-state index contributed by atoms with van der Waals surface area (Å²) in [4.78, 5) is 7.36. The fraction of sp³-hybridized carbons (Fsp3) is 0.533. The minimum atomic E-state index is 0.695. The predicted octanol–water partition coefficient (Wildman–Crippen LogP) is 2.67. The molecule has 0 bridgehead atoms. The Hall–Kier alpha value is -1.35. The normalized spacial score (nSPS) is 20.9. The Morgan fingerprint density at radius 1 is 1.44 bits per heavy atom. The van der Waals surface area contributed by atoms with E-state index in [1.54, 1.807) is 0 Å². The fourth-order valence-electron chi connectivity index (χ4n) is 3.09. The van der Waals surface area contributed by atoms with Crippen molar-refractivity contribution in [2.75, 3.05) is 13.1 Å². The molecule has 0 saturated carbocycles. The fourth-order valence-corrected chi connectivity index (χ4v) is 3.09. The lowest BCUT2D eigenvalue weighted by Gasteiger charge is -2.21. The number of hydrogen-bond acceptors (Lipinski definition) is 2. The highest BCUT2D eigenvalue weighted by Gasteiger charge is 2.23. The molecule has 1 aliphatic rings. The molecule has 3 heterocycles. The number of likely N-dealkylation sites (N-methyl/N-ethyl adjacent to an activating group) is 1. The first-order valence-corrected chi connectivity index (χ1v) is 6.95. The Labute approximate surface area is 108 Å². The van der Waals surface area contributed by atoms with E-state index in [9.17, 15) is 0 Å². The van der Waals surface area contributed by atoms with Crippen molar-refractivity contribution in [2.45, 2.75) is 39.2 Å². The van der Waals surface area contributed by atoms with E-state index in [1.807, 2.05) is 0 Å². The van der Waals surface area contributed by atoms with Crippen LogP contribution < -0.4 is 0 Å². The number of rotatable bonds is 3. The van der Waals surface area contributed by atoms with Crippen LogP contribution in [0.4, 0.5) is 0 Å². The summed E-state index contributed by atoms with van der Waals surface area (Å²) < 4.78 is 2.15. The molecule has 1 saturated heterocycles. The lowest BCUT2D eigenvalue weighted by molar-refractivity contribution is 0.265. The first-order valence-electron chi connectivity index (χ1n) is 6.95. The van der Waals surface area contributed by atoms with E-state index in [-0.39, 0.29) is 0 Å². The van der Waals surface area contributed by atoms with Crippen LogP contribution in [0.2, 0.25) is 0 Å². The molecule has 0 spiro atoms. The monoisotopic (exact) mass is 243 g/mol. The second kappa shape index (κ2) is 4.73. The Morgan fingerprint density at radius 2 is 2.33 bits per heavy atom. The standard InChI is InChI=1S/C15H21N3/c1-3-17-8-5-7-14(17)10-13-11-18-9-4-6-12(2)15(18)16-13/h4,6,9,11,14H,3,5,7-8,10H2,1-2H3. The molecule has 0 radical (unpaired) electrons. The summed E-state index contributed by atoms with van der Waals surface area (Å²) in [6.07, 6.45) is 8.03. The molecular formula is C15H21N3. The van der Waals surface area contributed by atoms with Crippen molar-refractivity contribution >= 4 is 5.65 Å². The molecule has 2 aromatic heterocycles. The molecule has 2 aromatic rings. The summed E-state index contributed by atoms with van der Waals surface area (Å²) >= 11 is 0. The number of nitrogens with zero attached hydrogens (tertiary/aromatic N) is 3.